The molecule has 2 fully saturated rings. The molecule has 0 aliphatic heterocycles. The van der Waals surface area contributed by atoms with Gasteiger partial charge in [-0.2, -0.15) is 5.26 Å². The molecule has 0 aromatic rings. The van der Waals surface area contributed by atoms with Crippen molar-refractivity contribution in [1.82, 2.24) is 0 Å². The number of rotatable bonds is 2. The molecule has 0 bridgehead atoms. The summed E-state index contributed by atoms with van der Waals surface area (Å²) in [6.45, 7) is 4.48. The molecule has 0 unspecified atom stereocenters. The molecule has 0 radical (unpaired) electrons. The predicted molar refractivity (Wildman–Crippen MR) is 67.1 cm³/mol. The van der Waals surface area contributed by atoms with Gasteiger partial charge in [-0.05, 0) is 42.9 Å². The van der Waals surface area contributed by atoms with Crippen molar-refractivity contribution in [2.75, 3.05) is 0 Å². The Kier molecular flexibility index (Phi) is 3.38. The topological polar surface area (TPSA) is 40.9 Å². The Balaban J connectivity index is 2.18. The van der Waals surface area contributed by atoms with E-state index in [1.54, 1.807) is 6.08 Å². The van der Waals surface area contributed by atoms with Crippen molar-refractivity contribution in [2.24, 2.45) is 23.2 Å². The van der Waals surface area contributed by atoms with Crippen LogP contribution in [0, 0.1) is 34.5 Å². The van der Waals surface area contributed by atoms with Gasteiger partial charge < -0.3 is 0 Å². The molecule has 2 aliphatic rings. The fourth-order valence-corrected chi connectivity index (χ4v) is 4.16. The molecular weight excluding hydrogens is 210 g/mol. The third-order valence-electron chi connectivity index (χ3n) is 5.05. The molecule has 0 saturated heterocycles. The number of Topliss-reactive ketones (excluding diaryl/α,β-unsaturated/α-hetero) is 1. The number of hydrogen-bond acceptors (Lipinski definition) is 2. The van der Waals surface area contributed by atoms with Crippen LogP contribution in [-0.4, -0.2) is 5.78 Å². The summed E-state index contributed by atoms with van der Waals surface area (Å²) in [6.07, 6.45) is 8.82. The van der Waals surface area contributed by atoms with Gasteiger partial charge in [0.2, 0.25) is 0 Å². The highest BCUT2D eigenvalue weighted by molar-refractivity contribution is 5.83. The first-order valence-corrected chi connectivity index (χ1v) is 6.68. The molecule has 0 heterocycles. The van der Waals surface area contributed by atoms with Gasteiger partial charge in [-0.3, -0.25) is 4.79 Å². The molecule has 0 aromatic carbocycles. The highest BCUT2D eigenvalue weighted by Gasteiger charge is 2.51. The number of hydrogen-bond donors (Lipinski definition) is 0. The molecule has 0 N–H and O–H groups in total. The summed E-state index contributed by atoms with van der Waals surface area (Å²) < 4.78 is 0. The van der Waals surface area contributed by atoms with Gasteiger partial charge in [-0.15, -0.1) is 0 Å². The number of carbonyl (C=O) groups is 1. The monoisotopic (exact) mass is 231 g/mol. The van der Waals surface area contributed by atoms with E-state index in [0.717, 1.165) is 25.7 Å². The van der Waals surface area contributed by atoms with E-state index in [1.165, 1.54) is 6.42 Å². The van der Waals surface area contributed by atoms with Crippen molar-refractivity contribution in [1.29, 1.82) is 5.26 Å². The minimum Gasteiger partial charge on any atom is -0.299 e. The summed E-state index contributed by atoms with van der Waals surface area (Å²) in [6, 6.07) is 2.07. The molecular formula is C15H21NO. The highest BCUT2D eigenvalue weighted by atomic mass is 16.1. The second-order valence-corrected chi connectivity index (χ2v) is 5.91. The number of carbonyl (C=O) groups excluding carboxylic acids is 1. The lowest BCUT2D eigenvalue weighted by Crippen LogP contribution is -2.39. The van der Waals surface area contributed by atoms with Crippen LogP contribution in [0.2, 0.25) is 0 Å². The molecule has 2 heteroatoms. The second-order valence-electron chi connectivity index (χ2n) is 5.91. The van der Waals surface area contributed by atoms with Gasteiger partial charge in [0.1, 0.15) is 5.78 Å². The Hall–Kier alpha value is -1.10. The normalized spacial score (nSPS) is 39.0. The lowest BCUT2D eigenvalue weighted by atomic mass is 9.62. The lowest BCUT2D eigenvalue weighted by molar-refractivity contribution is -0.129. The predicted octanol–water partition coefficient (Wildman–Crippen LogP) is 3.49. The van der Waals surface area contributed by atoms with Crippen LogP contribution in [0.5, 0.6) is 0 Å². The van der Waals surface area contributed by atoms with Crippen molar-refractivity contribution in [3.8, 4) is 6.07 Å². The Bertz CT molecular complexity index is 379. The third-order valence-corrected chi connectivity index (χ3v) is 5.05. The number of nitriles is 1. The quantitative estimate of drug-likeness (QED) is 0.682. The Labute approximate surface area is 104 Å². The van der Waals surface area contributed by atoms with Crippen molar-refractivity contribution in [2.45, 2.75) is 46.0 Å². The molecule has 4 atom stereocenters. The molecule has 2 aliphatic carbocycles. The molecule has 2 nitrogen and oxygen atoms in total. The minimum absolute atomic E-state index is 0.189. The number of ketones is 1. The molecule has 0 amide bonds. The Morgan fingerprint density at radius 2 is 2.29 bits per heavy atom. The van der Waals surface area contributed by atoms with Gasteiger partial charge in [0.25, 0.3) is 0 Å². The maximum Gasteiger partial charge on any atom is 0.136 e. The number of allylic oxidation sites excluding steroid dienone is 2. The maximum atomic E-state index is 12.0. The first-order valence-electron chi connectivity index (χ1n) is 6.68. The maximum absolute atomic E-state index is 12.0. The first-order chi connectivity index (χ1) is 8.09. The van der Waals surface area contributed by atoms with Gasteiger partial charge in [-0.25, -0.2) is 0 Å². The van der Waals surface area contributed by atoms with E-state index in [9.17, 15) is 4.79 Å². The van der Waals surface area contributed by atoms with E-state index in [0.29, 0.717) is 23.5 Å². The number of fused-ring (bicyclic) bond motifs is 1. The van der Waals surface area contributed by atoms with E-state index in [-0.39, 0.29) is 5.41 Å². The van der Waals surface area contributed by atoms with Crippen molar-refractivity contribution >= 4 is 5.78 Å². The van der Waals surface area contributed by atoms with Gasteiger partial charge in [0.05, 0.1) is 6.07 Å². The highest BCUT2D eigenvalue weighted by Crippen LogP contribution is 2.56. The Morgan fingerprint density at radius 1 is 1.53 bits per heavy atom. The van der Waals surface area contributed by atoms with Gasteiger partial charge in [-0.1, -0.05) is 19.9 Å². The second kappa shape index (κ2) is 4.64. The van der Waals surface area contributed by atoms with Crippen LogP contribution in [0.15, 0.2) is 12.2 Å². The zero-order valence-corrected chi connectivity index (χ0v) is 10.8. The van der Waals surface area contributed by atoms with Crippen molar-refractivity contribution in [3.05, 3.63) is 12.2 Å². The molecule has 2 saturated carbocycles. The van der Waals surface area contributed by atoms with E-state index in [2.05, 4.69) is 19.9 Å². The molecule has 0 spiro atoms. The molecule has 17 heavy (non-hydrogen) atoms. The fraction of sp³-hybridized carbons (Fsp3) is 0.733. The van der Waals surface area contributed by atoms with E-state index in [1.807, 2.05) is 6.08 Å². The summed E-state index contributed by atoms with van der Waals surface area (Å²) in [4.78, 5) is 12.0. The SMILES string of the molecule is C[C@H](/C=C/C#N)[C@H]1CC[C@H]2C(=O)CCC[C@]12C. The fourth-order valence-electron chi connectivity index (χ4n) is 4.16. The smallest absolute Gasteiger partial charge is 0.136 e. The van der Waals surface area contributed by atoms with Crippen LogP contribution in [0.1, 0.15) is 46.0 Å². The van der Waals surface area contributed by atoms with E-state index < -0.39 is 0 Å². The lowest BCUT2D eigenvalue weighted by Gasteiger charge is -2.41. The van der Waals surface area contributed by atoms with Crippen LogP contribution < -0.4 is 0 Å². The zero-order valence-electron chi connectivity index (χ0n) is 10.8. The summed E-state index contributed by atoms with van der Waals surface area (Å²) >= 11 is 0. The van der Waals surface area contributed by atoms with Crippen LogP contribution in [0.4, 0.5) is 0 Å². The molecule has 2 rings (SSSR count). The Morgan fingerprint density at radius 3 is 3.00 bits per heavy atom. The van der Waals surface area contributed by atoms with Gasteiger partial charge >= 0.3 is 0 Å². The summed E-state index contributed by atoms with van der Waals surface area (Å²) in [5.41, 5.74) is 0.189. The average molecular weight is 231 g/mol. The average Bonchev–Trinajstić information content (AvgIpc) is 2.64. The van der Waals surface area contributed by atoms with Crippen LogP contribution in [0.25, 0.3) is 0 Å². The van der Waals surface area contributed by atoms with Gasteiger partial charge in [0.15, 0.2) is 0 Å². The van der Waals surface area contributed by atoms with Crippen LogP contribution >= 0.6 is 0 Å². The van der Waals surface area contributed by atoms with E-state index >= 15 is 0 Å². The summed E-state index contributed by atoms with van der Waals surface area (Å²) in [5.74, 6) is 1.76. The zero-order chi connectivity index (χ0) is 12.5. The van der Waals surface area contributed by atoms with Crippen molar-refractivity contribution < 1.29 is 4.79 Å². The van der Waals surface area contributed by atoms with E-state index in [4.69, 9.17) is 5.26 Å². The summed E-state index contributed by atoms with van der Waals surface area (Å²) in [5, 5.41) is 8.61. The van der Waals surface area contributed by atoms with Crippen LogP contribution in [0.3, 0.4) is 0 Å². The number of nitrogens with zero attached hydrogens (tertiary/aromatic N) is 1. The largest absolute Gasteiger partial charge is 0.299 e. The third kappa shape index (κ3) is 2.04. The van der Waals surface area contributed by atoms with Gasteiger partial charge in [0, 0.05) is 18.4 Å². The molecule has 0 aromatic heterocycles. The summed E-state index contributed by atoms with van der Waals surface area (Å²) in [7, 11) is 0. The van der Waals surface area contributed by atoms with Crippen molar-refractivity contribution in [3.63, 3.8) is 0 Å². The van der Waals surface area contributed by atoms with Crippen LogP contribution in [-0.2, 0) is 4.79 Å². The minimum atomic E-state index is 0.189. The standard InChI is InChI=1S/C15H21NO/c1-11(5-4-10-16)12-7-8-13-14(17)6-3-9-15(12,13)2/h4-5,11-13H,3,6-9H2,1-2H3/b5-4+/t11-,12-,13+,15-/m1/s1. The molecule has 92 valence electrons. The first kappa shape index (κ1) is 12.4.